The minimum atomic E-state index is -3.48. The highest BCUT2D eigenvalue weighted by Crippen LogP contribution is 2.28. The number of ether oxygens (including phenoxy) is 1. The molecule has 2 fully saturated rings. The molecule has 0 bridgehead atoms. The van der Waals surface area contributed by atoms with Crippen LogP contribution in [-0.4, -0.2) is 41.0 Å². The Morgan fingerprint density at radius 2 is 1.81 bits per heavy atom. The summed E-state index contributed by atoms with van der Waals surface area (Å²) in [6.07, 6.45) is 9.56. The summed E-state index contributed by atoms with van der Waals surface area (Å²) in [5.41, 5.74) is 1.87. The number of nitrogens with one attached hydrogen (secondary N) is 3. The SMILES string of the molecule is O=S(=O)(NC1CC1)c1ccc(Nc2nc(OCC3CCCCC3)c3[nH]cnc3n2)cc1. The fourth-order valence-electron chi connectivity index (χ4n) is 3.85. The standard InChI is InChI=1S/C21H26N6O3S/c28-31(29,27-16-6-7-16)17-10-8-15(9-11-17)24-21-25-19-18(22-13-23-19)20(26-21)30-12-14-4-2-1-3-5-14/h8-11,13-14,16,27H,1-7,12H2,(H2,22,23,24,25,26). The second-order valence-electron chi connectivity index (χ2n) is 8.31. The maximum atomic E-state index is 12.3. The summed E-state index contributed by atoms with van der Waals surface area (Å²) < 4.78 is 33.4. The summed E-state index contributed by atoms with van der Waals surface area (Å²) in [6, 6.07) is 6.61. The number of aromatic amines is 1. The van der Waals surface area contributed by atoms with Crippen molar-refractivity contribution in [3.63, 3.8) is 0 Å². The molecule has 3 aromatic rings. The van der Waals surface area contributed by atoms with Crippen LogP contribution in [0, 0.1) is 5.92 Å². The Morgan fingerprint density at radius 1 is 1.03 bits per heavy atom. The monoisotopic (exact) mass is 442 g/mol. The van der Waals surface area contributed by atoms with Gasteiger partial charge in [-0.25, -0.2) is 18.1 Å². The number of H-pyrrole nitrogens is 1. The molecular weight excluding hydrogens is 416 g/mol. The number of fused-ring (bicyclic) bond motifs is 1. The molecule has 164 valence electrons. The zero-order valence-corrected chi connectivity index (χ0v) is 18.0. The summed E-state index contributed by atoms with van der Waals surface area (Å²) in [7, 11) is -3.48. The first-order valence-corrected chi connectivity index (χ1v) is 12.3. The smallest absolute Gasteiger partial charge is 0.245 e. The van der Waals surface area contributed by atoms with Crippen molar-refractivity contribution in [3.05, 3.63) is 30.6 Å². The van der Waals surface area contributed by atoms with Crippen LogP contribution in [0.25, 0.3) is 11.2 Å². The summed E-state index contributed by atoms with van der Waals surface area (Å²) in [4.78, 5) is 16.5. The normalized spacial score (nSPS) is 17.7. The Morgan fingerprint density at radius 3 is 2.55 bits per heavy atom. The Kier molecular flexibility index (Phi) is 5.49. The first-order chi connectivity index (χ1) is 15.1. The third kappa shape index (κ3) is 4.80. The van der Waals surface area contributed by atoms with Gasteiger partial charge in [-0.15, -0.1) is 0 Å². The average Bonchev–Trinajstić information content (AvgIpc) is 3.44. The van der Waals surface area contributed by atoms with E-state index in [9.17, 15) is 8.42 Å². The van der Waals surface area contributed by atoms with Gasteiger partial charge in [0.2, 0.25) is 21.9 Å². The highest BCUT2D eigenvalue weighted by molar-refractivity contribution is 7.89. The lowest BCUT2D eigenvalue weighted by atomic mass is 9.90. The first-order valence-electron chi connectivity index (χ1n) is 10.8. The first kappa shape index (κ1) is 20.2. The van der Waals surface area contributed by atoms with Crippen LogP contribution in [0.3, 0.4) is 0 Å². The van der Waals surface area contributed by atoms with Gasteiger partial charge >= 0.3 is 0 Å². The molecule has 0 aliphatic heterocycles. The average molecular weight is 443 g/mol. The van der Waals surface area contributed by atoms with Gasteiger partial charge in [-0.1, -0.05) is 19.3 Å². The molecule has 0 radical (unpaired) electrons. The van der Waals surface area contributed by atoms with E-state index in [4.69, 9.17) is 4.74 Å². The number of benzene rings is 1. The van der Waals surface area contributed by atoms with Crippen LogP contribution in [0.15, 0.2) is 35.5 Å². The van der Waals surface area contributed by atoms with Gasteiger partial charge in [-0.05, 0) is 55.9 Å². The second kappa shape index (κ2) is 8.43. The van der Waals surface area contributed by atoms with Crippen LogP contribution in [0.2, 0.25) is 0 Å². The lowest BCUT2D eigenvalue weighted by Crippen LogP contribution is -2.25. The molecule has 3 N–H and O–H groups in total. The van der Waals surface area contributed by atoms with Crippen LogP contribution in [0.4, 0.5) is 11.6 Å². The summed E-state index contributed by atoms with van der Waals surface area (Å²) in [6.45, 7) is 0.630. The molecule has 2 aromatic heterocycles. The molecule has 0 atom stereocenters. The van der Waals surface area contributed by atoms with E-state index in [0.29, 0.717) is 41.2 Å². The number of anilines is 2. The lowest BCUT2D eigenvalue weighted by molar-refractivity contribution is 0.205. The zero-order chi connectivity index (χ0) is 21.3. The van der Waals surface area contributed by atoms with Gasteiger partial charge in [0, 0.05) is 11.7 Å². The fraction of sp³-hybridized carbons (Fsp3) is 0.476. The van der Waals surface area contributed by atoms with Crippen molar-refractivity contribution >= 4 is 32.8 Å². The predicted octanol–water partition coefficient (Wildman–Crippen LogP) is 3.50. The number of hydrogen-bond donors (Lipinski definition) is 3. The highest BCUT2D eigenvalue weighted by atomic mass is 32.2. The maximum absolute atomic E-state index is 12.3. The van der Waals surface area contributed by atoms with Crippen molar-refractivity contribution in [2.75, 3.05) is 11.9 Å². The summed E-state index contributed by atoms with van der Waals surface area (Å²) in [5, 5.41) is 3.12. The minimum absolute atomic E-state index is 0.0730. The Bertz CT molecular complexity index is 1150. The highest BCUT2D eigenvalue weighted by Gasteiger charge is 2.27. The predicted molar refractivity (Wildman–Crippen MR) is 117 cm³/mol. The molecule has 5 rings (SSSR count). The molecule has 9 nitrogen and oxygen atoms in total. The van der Waals surface area contributed by atoms with Gasteiger partial charge in [0.15, 0.2) is 5.65 Å². The van der Waals surface area contributed by atoms with E-state index in [2.05, 4.69) is 30.0 Å². The molecule has 2 saturated carbocycles. The molecule has 2 aliphatic carbocycles. The molecule has 0 amide bonds. The van der Waals surface area contributed by atoms with E-state index in [-0.39, 0.29) is 10.9 Å². The van der Waals surface area contributed by atoms with Gasteiger partial charge in [-0.2, -0.15) is 9.97 Å². The van der Waals surface area contributed by atoms with Gasteiger partial charge in [-0.3, -0.25) is 0 Å². The largest absolute Gasteiger partial charge is 0.476 e. The third-order valence-corrected chi connectivity index (χ3v) is 7.29. The molecule has 1 aromatic carbocycles. The number of imidazole rings is 1. The van der Waals surface area contributed by atoms with Crippen LogP contribution < -0.4 is 14.8 Å². The van der Waals surface area contributed by atoms with Crippen molar-refractivity contribution < 1.29 is 13.2 Å². The molecule has 31 heavy (non-hydrogen) atoms. The molecule has 2 aliphatic rings. The zero-order valence-electron chi connectivity index (χ0n) is 17.2. The molecule has 2 heterocycles. The maximum Gasteiger partial charge on any atom is 0.245 e. The Hall–Kier alpha value is -2.72. The van der Waals surface area contributed by atoms with Gasteiger partial charge in [0.05, 0.1) is 17.8 Å². The van der Waals surface area contributed by atoms with Gasteiger partial charge in [0.25, 0.3) is 0 Å². The molecule has 10 heteroatoms. The van der Waals surface area contributed by atoms with Crippen molar-refractivity contribution in [3.8, 4) is 5.88 Å². The number of hydrogen-bond acceptors (Lipinski definition) is 7. The topological polar surface area (TPSA) is 122 Å². The van der Waals surface area contributed by atoms with E-state index in [1.807, 2.05) is 0 Å². The van der Waals surface area contributed by atoms with Crippen molar-refractivity contribution in [2.24, 2.45) is 5.92 Å². The molecule has 0 spiro atoms. The van der Waals surface area contributed by atoms with Crippen LogP contribution >= 0.6 is 0 Å². The second-order valence-corrected chi connectivity index (χ2v) is 10.0. The van der Waals surface area contributed by atoms with Crippen molar-refractivity contribution in [1.29, 1.82) is 0 Å². The number of aromatic nitrogens is 4. The van der Waals surface area contributed by atoms with E-state index in [1.54, 1.807) is 30.6 Å². The van der Waals surface area contributed by atoms with Gasteiger partial charge in [0.1, 0.15) is 5.52 Å². The van der Waals surface area contributed by atoms with E-state index in [0.717, 1.165) is 12.8 Å². The number of nitrogens with zero attached hydrogens (tertiary/aromatic N) is 3. The van der Waals surface area contributed by atoms with Crippen molar-refractivity contribution in [1.82, 2.24) is 24.7 Å². The third-order valence-electron chi connectivity index (χ3n) is 5.75. The molecule has 0 saturated heterocycles. The lowest BCUT2D eigenvalue weighted by Gasteiger charge is -2.21. The molecule has 0 unspecified atom stereocenters. The molecular formula is C21H26N6O3S. The van der Waals surface area contributed by atoms with Crippen LogP contribution in [0.1, 0.15) is 44.9 Å². The summed E-state index contributed by atoms with van der Waals surface area (Å²) >= 11 is 0. The minimum Gasteiger partial charge on any atom is -0.476 e. The number of sulfonamides is 1. The van der Waals surface area contributed by atoms with Crippen LogP contribution in [-0.2, 0) is 10.0 Å². The fourth-order valence-corrected chi connectivity index (χ4v) is 5.16. The van der Waals surface area contributed by atoms with E-state index >= 15 is 0 Å². The quantitative estimate of drug-likeness (QED) is 0.488. The Balaban J connectivity index is 1.31. The number of rotatable bonds is 8. The van der Waals surface area contributed by atoms with E-state index in [1.165, 1.54) is 32.1 Å². The van der Waals surface area contributed by atoms with Gasteiger partial charge < -0.3 is 15.0 Å². The van der Waals surface area contributed by atoms with Crippen LogP contribution in [0.5, 0.6) is 5.88 Å². The van der Waals surface area contributed by atoms with E-state index < -0.39 is 10.0 Å². The summed E-state index contributed by atoms with van der Waals surface area (Å²) in [5.74, 6) is 1.38. The van der Waals surface area contributed by atoms with Crippen molar-refractivity contribution in [2.45, 2.75) is 55.9 Å². The Labute approximate surface area is 181 Å².